The molecule has 0 rings (SSSR count). The summed E-state index contributed by atoms with van der Waals surface area (Å²) < 4.78 is 0. The van der Waals surface area contributed by atoms with E-state index in [1.54, 1.807) is 13.0 Å². The zero-order valence-corrected chi connectivity index (χ0v) is 8.43. The van der Waals surface area contributed by atoms with E-state index >= 15 is 0 Å². The maximum Gasteiger partial charge on any atom is 0.307 e. The van der Waals surface area contributed by atoms with E-state index in [-0.39, 0.29) is 11.8 Å². The van der Waals surface area contributed by atoms with Crippen LogP contribution in [0, 0.1) is 11.8 Å². The molecular formula is C9H15ClO2. The maximum atomic E-state index is 10.7. The Morgan fingerprint density at radius 3 is 2.33 bits per heavy atom. The molecule has 0 saturated heterocycles. The van der Waals surface area contributed by atoms with E-state index in [1.807, 2.05) is 13.8 Å². The Balaban J connectivity index is 4.15. The van der Waals surface area contributed by atoms with Crippen molar-refractivity contribution in [1.82, 2.24) is 0 Å². The summed E-state index contributed by atoms with van der Waals surface area (Å²) in [6.07, 6.45) is 2.27. The van der Waals surface area contributed by atoms with Crippen molar-refractivity contribution in [2.24, 2.45) is 11.8 Å². The summed E-state index contributed by atoms with van der Waals surface area (Å²) in [5.41, 5.74) is 0. The molecule has 70 valence electrons. The van der Waals surface area contributed by atoms with Crippen molar-refractivity contribution >= 4 is 17.6 Å². The van der Waals surface area contributed by atoms with E-state index < -0.39 is 5.97 Å². The van der Waals surface area contributed by atoms with Crippen molar-refractivity contribution in [1.29, 1.82) is 0 Å². The van der Waals surface area contributed by atoms with Crippen LogP contribution in [-0.2, 0) is 4.79 Å². The van der Waals surface area contributed by atoms with Crippen LogP contribution in [0.4, 0.5) is 0 Å². The average molecular weight is 191 g/mol. The molecular weight excluding hydrogens is 176 g/mol. The van der Waals surface area contributed by atoms with Crippen LogP contribution in [0.2, 0.25) is 0 Å². The van der Waals surface area contributed by atoms with Gasteiger partial charge in [0.1, 0.15) is 0 Å². The van der Waals surface area contributed by atoms with Gasteiger partial charge in [-0.1, -0.05) is 31.5 Å². The summed E-state index contributed by atoms with van der Waals surface area (Å²) in [5, 5.41) is 9.44. The molecule has 0 aliphatic rings. The average Bonchev–Trinajstić information content (AvgIpc) is 1.84. The smallest absolute Gasteiger partial charge is 0.307 e. The predicted octanol–water partition coefficient (Wildman–Crippen LogP) is 2.88. The van der Waals surface area contributed by atoms with Gasteiger partial charge >= 0.3 is 5.97 Å². The minimum absolute atomic E-state index is 0.148. The monoisotopic (exact) mass is 190 g/mol. The Morgan fingerprint density at radius 1 is 1.58 bits per heavy atom. The minimum Gasteiger partial charge on any atom is -0.481 e. The Hall–Kier alpha value is -0.500. The summed E-state index contributed by atoms with van der Waals surface area (Å²) >= 11 is 5.60. The van der Waals surface area contributed by atoms with Crippen LogP contribution in [0.25, 0.3) is 0 Å². The molecule has 0 aromatic rings. The fraction of sp³-hybridized carbons (Fsp3) is 0.667. The first-order chi connectivity index (χ1) is 5.45. The second-order valence-electron chi connectivity index (χ2n) is 3.22. The molecule has 1 atom stereocenters. The third-order valence-corrected chi connectivity index (χ3v) is 1.93. The lowest BCUT2D eigenvalue weighted by Crippen LogP contribution is -2.18. The van der Waals surface area contributed by atoms with E-state index in [2.05, 4.69) is 0 Å². The van der Waals surface area contributed by atoms with Gasteiger partial charge < -0.3 is 5.11 Å². The fourth-order valence-corrected chi connectivity index (χ4v) is 1.04. The number of rotatable bonds is 4. The van der Waals surface area contributed by atoms with Gasteiger partial charge in [-0.05, 0) is 19.3 Å². The largest absolute Gasteiger partial charge is 0.481 e. The molecule has 0 heterocycles. The first-order valence-corrected chi connectivity index (χ1v) is 4.38. The van der Waals surface area contributed by atoms with Gasteiger partial charge in [-0.3, -0.25) is 4.79 Å². The molecule has 0 aromatic heterocycles. The van der Waals surface area contributed by atoms with Gasteiger partial charge in [0.2, 0.25) is 0 Å². The molecule has 0 fully saturated rings. The van der Waals surface area contributed by atoms with E-state index in [9.17, 15) is 4.79 Å². The Labute approximate surface area is 78.2 Å². The SMILES string of the molecule is C/C(Cl)=C\CC(C(=O)O)C(C)C. The first-order valence-electron chi connectivity index (χ1n) is 4.00. The Kier molecular flexibility index (Phi) is 4.98. The van der Waals surface area contributed by atoms with Gasteiger partial charge in [0, 0.05) is 5.03 Å². The molecule has 0 amide bonds. The highest BCUT2D eigenvalue weighted by atomic mass is 35.5. The number of carboxylic acids is 1. The molecule has 0 bridgehead atoms. The molecule has 1 unspecified atom stereocenters. The second-order valence-corrected chi connectivity index (χ2v) is 3.81. The summed E-state index contributed by atoms with van der Waals surface area (Å²) in [6, 6.07) is 0. The summed E-state index contributed by atoms with van der Waals surface area (Å²) in [5.74, 6) is -0.923. The van der Waals surface area contributed by atoms with E-state index in [0.717, 1.165) is 0 Å². The number of aliphatic carboxylic acids is 1. The normalized spacial score (nSPS) is 14.9. The second kappa shape index (κ2) is 5.20. The molecule has 0 saturated carbocycles. The standard InChI is InChI=1S/C9H15ClO2/c1-6(2)8(9(11)12)5-4-7(3)10/h4,6,8H,5H2,1-3H3,(H,11,12)/b7-4+. The molecule has 0 radical (unpaired) electrons. The van der Waals surface area contributed by atoms with Crippen molar-refractivity contribution < 1.29 is 9.90 Å². The first kappa shape index (κ1) is 11.5. The topological polar surface area (TPSA) is 37.3 Å². The van der Waals surface area contributed by atoms with Crippen LogP contribution in [0.3, 0.4) is 0 Å². The van der Waals surface area contributed by atoms with E-state index in [4.69, 9.17) is 16.7 Å². The highest BCUT2D eigenvalue weighted by molar-refractivity contribution is 6.29. The number of allylic oxidation sites excluding steroid dienone is 2. The molecule has 1 N–H and O–H groups in total. The van der Waals surface area contributed by atoms with E-state index in [0.29, 0.717) is 11.5 Å². The number of hydrogen-bond acceptors (Lipinski definition) is 1. The lowest BCUT2D eigenvalue weighted by molar-refractivity contribution is -0.143. The third kappa shape index (κ3) is 4.39. The number of carboxylic acid groups (broad SMARTS) is 1. The third-order valence-electron chi connectivity index (χ3n) is 1.77. The Bertz CT molecular complexity index is 181. The van der Waals surface area contributed by atoms with Gasteiger partial charge in [0.05, 0.1) is 5.92 Å². The lowest BCUT2D eigenvalue weighted by Gasteiger charge is -2.13. The molecule has 0 aliphatic carbocycles. The zero-order valence-electron chi connectivity index (χ0n) is 7.67. The molecule has 2 nitrogen and oxygen atoms in total. The molecule has 12 heavy (non-hydrogen) atoms. The number of hydrogen-bond donors (Lipinski definition) is 1. The van der Waals surface area contributed by atoms with Crippen LogP contribution in [0.1, 0.15) is 27.2 Å². The zero-order chi connectivity index (χ0) is 9.72. The maximum absolute atomic E-state index is 10.7. The van der Waals surface area contributed by atoms with Gasteiger partial charge in [-0.15, -0.1) is 0 Å². The van der Waals surface area contributed by atoms with Gasteiger partial charge in [0.15, 0.2) is 0 Å². The molecule has 3 heteroatoms. The van der Waals surface area contributed by atoms with Crippen LogP contribution in [0.5, 0.6) is 0 Å². The van der Waals surface area contributed by atoms with Crippen molar-refractivity contribution in [3.8, 4) is 0 Å². The van der Waals surface area contributed by atoms with E-state index in [1.165, 1.54) is 0 Å². The Morgan fingerprint density at radius 2 is 2.08 bits per heavy atom. The van der Waals surface area contributed by atoms with Crippen molar-refractivity contribution in [3.05, 3.63) is 11.1 Å². The van der Waals surface area contributed by atoms with Crippen molar-refractivity contribution in [2.45, 2.75) is 27.2 Å². The summed E-state index contributed by atoms with van der Waals surface area (Å²) in [7, 11) is 0. The van der Waals surface area contributed by atoms with Crippen LogP contribution >= 0.6 is 11.6 Å². The van der Waals surface area contributed by atoms with Crippen LogP contribution < -0.4 is 0 Å². The van der Waals surface area contributed by atoms with Crippen molar-refractivity contribution in [2.75, 3.05) is 0 Å². The van der Waals surface area contributed by atoms with Crippen molar-refractivity contribution in [3.63, 3.8) is 0 Å². The molecule has 0 spiro atoms. The van der Waals surface area contributed by atoms with Gasteiger partial charge in [-0.25, -0.2) is 0 Å². The highest BCUT2D eigenvalue weighted by Gasteiger charge is 2.19. The highest BCUT2D eigenvalue weighted by Crippen LogP contribution is 2.17. The molecule has 0 aliphatic heterocycles. The molecule has 0 aromatic carbocycles. The van der Waals surface area contributed by atoms with Crippen LogP contribution in [-0.4, -0.2) is 11.1 Å². The van der Waals surface area contributed by atoms with Gasteiger partial charge in [0.25, 0.3) is 0 Å². The minimum atomic E-state index is -0.751. The fourth-order valence-electron chi connectivity index (χ4n) is 0.947. The lowest BCUT2D eigenvalue weighted by atomic mass is 9.93. The quantitative estimate of drug-likeness (QED) is 0.740. The summed E-state index contributed by atoms with van der Waals surface area (Å²) in [4.78, 5) is 10.7. The predicted molar refractivity (Wildman–Crippen MR) is 50.2 cm³/mol. The van der Waals surface area contributed by atoms with Crippen LogP contribution in [0.15, 0.2) is 11.1 Å². The summed E-state index contributed by atoms with van der Waals surface area (Å²) in [6.45, 7) is 5.55. The number of carbonyl (C=O) groups is 1. The number of halogens is 1. The van der Waals surface area contributed by atoms with Gasteiger partial charge in [-0.2, -0.15) is 0 Å².